The highest BCUT2D eigenvalue weighted by Gasteiger charge is 2.01. The minimum atomic E-state index is -0.913. The average Bonchev–Trinajstić information content (AvgIpc) is 2.57. The van der Waals surface area contributed by atoms with Gasteiger partial charge < -0.3 is 11.1 Å². The SMILES string of the molecule is NC(=NCCS(=O)Cc1ccccc1)NCCc1ccccc1. The summed E-state index contributed by atoms with van der Waals surface area (Å²) in [5.41, 5.74) is 8.16. The van der Waals surface area contributed by atoms with E-state index in [9.17, 15) is 4.21 Å². The fourth-order valence-electron chi connectivity index (χ4n) is 2.14. The number of aliphatic imine (C=N–C) groups is 1. The molecule has 0 bridgehead atoms. The lowest BCUT2D eigenvalue weighted by Gasteiger charge is -2.06. The molecule has 0 saturated heterocycles. The molecule has 2 aromatic rings. The first-order valence-corrected chi connectivity index (χ1v) is 9.19. The van der Waals surface area contributed by atoms with Gasteiger partial charge in [-0.1, -0.05) is 60.7 Å². The van der Waals surface area contributed by atoms with Crippen LogP contribution in [-0.4, -0.2) is 29.0 Å². The van der Waals surface area contributed by atoms with Crippen molar-refractivity contribution >= 4 is 16.8 Å². The molecule has 3 N–H and O–H groups in total. The standard InChI is InChI=1S/C18H23N3OS/c19-18(20-12-11-16-7-3-1-4-8-16)21-13-14-23(22)15-17-9-5-2-6-10-17/h1-10H,11-15H2,(H3,19,20,21). The van der Waals surface area contributed by atoms with Crippen LogP contribution in [0.15, 0.2) is 65.7 Å². The van der Waals surface area contributed by atoms with Crippen molar-refractivity contribution in [3.63, 3.8) is 0 Å². The van der Waals surface area contributed by atoms with Crippen LogP contribution in [0.5, 0.6) is 0 Å². The number of nitrogens with zero attached hydrogens (tertiary/aromatic N) is 1. The molecular formula is C18H23N3OS. The minimum absolute atomic E-state index is 0.414. The molecule has 0 amide bonds. The van der Waals surface area contributed by atoms with Crippen molar-refractivity contribution in [3.8, 4) is 0 Å². The highest BCUT2D eigenvalue weighted by atomic mass is 32.2. The van der Waals surface area contributed by atoms with E-state index in [1.54, 1.807) is 0 Å². The lowest BCUT2D eigenvalue weighted by molar-refractivity contribution is 0.682. The van der Waals surface area contributed by atoms with Crippen molar-refractivity contribution in [2.75, 3.05) is 18.8 Å². The number of rotatable bonds is 8. The predicted octanol–water partition coefficient (Wildman–Crippen LogP) is 2.08. The van der Waals surface area contributed by atoms with E-state index in [-0.39, 0.29) is 0 Å². The molecule has 0 radical (unpaired) electrons. The molecule has 4 nitrogen and oxygen atoms in total. The second-order valence-electron chi connectivity index (χ2n) is 5.20. The van der Waals surface area contributed by atoms with E-state index >= 15 is 0 Å². The van der Waals surface area contributed by atoms with Crippen molar-refractivity contribution in [1.82, 2.24) is 5.32 Å². The predicted molar refractivity (Wildman–Crippen MR) is 97.8 cm³/mol. The lowest BCUT2D eigenvalue weighted by Crippen LogP contribution is -2.33. The Hall–Kier alpha value is -2.14. The van der Waals surface area contributed by atoms with E-state index in [0.29, 0.717) is 24.0 Å². The first-order chi connectivity index (χ1) is 11.2. The van der Waals surface area contributed by atoms with Crippen molar-refractivity contribution in [3.05, 3.63) is 71.8 Å². The van der Waals surface area contributed by atoms with Crippen LogP contribution in [0.4, 0.5) is 0 Å². The van der Waals surface area contributed by atoms with Gasteiger partial charge in [0.25, 0.3) is 0 Å². The molecule has 1 unspecified atom stereocenters. The van der Waals surface area contributed by atoms with Crippen LogP contribution in [0.2, 0.25) is 0 Å². The van der Waals surface area contributed by atoms with E-state index in [1.807, 2.05) is 48.5 Å². The lowest BCUT2D eigenvalue weighted by atomic mass is 10.1. The Morgan fingerprint density at radius 3 is 2.26 bits per heavy atom. The van der Waals surface area contributed by atoms with Gasteiger partial charge in [-0.2, -0.15) is 0 Å². The molecule has 0 aliphatic heterocycles. The quantitative estimate of drug-likeness (QED) is 0.575. The van der Waals surface area contributed by atoms with E-state index in [1.165, 1.54) is 5.56 Å². The van der Waals surface area contributed by atoms with Crippen molar-refractivity contribution in [2.24, 2.45) is 10.7 Å². The molecule has 1 atom stereocenters. The summed E-state index contributed by atoms with van der Waals surface area (Å²) >= 11 is 0. The summed E-state index contributed by atoms with van der Waals surface area (Å²) < 4.78 is 12.0. The van der Waals surface area contributed by atoms with Gasteiger partial charge in [-0.15, -0.1) is 0 Å². The number of hydrogen-bond acceptors (Lipinski definition) is 2. The topological polar surface area (TPSA) is 67.5 Å². The summed E-state index contributed by atoms with van der Waals surface area (Å²) in [6, 6.07) is 20.1. The molecule has 5 heteroatoms. The smallest absolute Gasteiger partial charge is 0.188 e. The number of guanidine groups is 1. The Morgan fingerprint density at radius 2 is 1.61 bits per heavy atom. The Balaban J connectivity index is 1.63. The number of nitrogens with one attached hydrogen (secondary N) is 1. The number of benzene rings is 2. The van der Waals surface area contributed by atoms with E-state index in [0.717, 1.165) is 18.5 Å². The zero-order valence-electron chi connectivity index (χ0n) is 13.2. The van der Waals surface area contributed by atoms with Crippen LogP contribution in [-0.2, 0) is 23.0 Å². The van der Waals surface area contributed by atoms with Crippen LogP contribution in [0.1, 0.15) is 11.1 Å². The summed E-state index contributed by atoms with van der Waals surface area (Å²) in [4.78, 5) is 4.23. The molecule has 0 spiro atoms. The first kappa shape index (κ1) is 17.2. The van der Waals surface area contributed by atoms with Crippen LogP contribution in [0.25, 0.3) is 0 Å². The van der Waals surface area contributed by atoms with Gasteiger partial charge in [0.05, 0.1) is 6.54 Å². The molecular weight excluding hydrogens is 306 g/mol. The van der Waals surface area contributed by atoms with Gasteiger partial charge in [-0.3, -0.25) is 9.20 Å². The molecule has 0 fully saturated rings. The molecule has 0 aliphatic rings. The second kappa shape index (κ2) is 9.79. The summed E-state index contributed by atoms with van der Waals surface area (Å²) in [5, 5.41) is 3.08. The van der Waals surface area contributed by atoms with Crippen molar-refractivity contribution in [1.29, 1.82) is 0 Å². The zero-order valence-corrected chi connectivity index (χ0v) is 14.0. The zero-order chi connectivity index (χ0) is 16.3. The normalized spacial score (nSPS) is 12.8. The van der Waals surface area contributed by atoms with Crippen LogP contribution in [0.3, 0.4) is 0 Å². The van der Waals surface area contributed by atoms with Gasteiger partial charge in [0, 0.05) is 28.9 Å². The van der Waals surface area contributed by atoms with E-state index < -0.39 is 10.8 Å². The van der Waals surface area contributed by atoms with E-state index in [2.05, 4.69) is 22.4 Å². The average molecular weight is 329 g/mol. The molecule has 0 aliphatic carbocycles. The molecule has 23 heavy (non-hydrogen) atoms. The van der Waals surface area contributed by atoms with Crippen LogP contribution < -0.4 is 11.1 Å². The van der Waals surface area contributed by atoms with Gasteiger partial charge >= 0.3 is 0 Å². The molecule has 0 heterocycles. The summed E-state index contributed by atoms with van der Waals surface area (Å²) in [5.74, 6) is 1.51. The largest absolute Gasteiger partial charge is 0.370 e. The molecule has 0 saturated carbocycles. The Bertz CT molecular complexity index is 629. The molecule has 2 aromatic carbocycles. The summed E-state index contributed by atoms with van der Waals surface area (Å²) in [6.07, 6.45) is 0.900. The Labute approximate surface area is 140 Å². The maximum Gasteiger partial charge on any atom is 0.188 e. The number of nitrogens with two attached hydrogens (primary N) is 1. The summed E-state index contributed by atoms with van der Waals surface area (Å²) in [7, 11) is -0.913. The van der Waals surface area contributed by atoms with Gasteiger partial charge in [-0.05, 0) is 17.5 Å². The van der Waals surface area contributed by atoms with E-state index in [4.69, 9.17) is 5.73 Å². The monoisotopic (exact) mass is 329 g/mol. The third-order valence-corrected chi connectivity index (χ3v) is 4.63. The fourth-order valence-corrected chi connectivity index (χ4v) is 3.14. The van der Waals surface area contributed by atoms with Gasteiger partial charge in [-0.25, -0.2) is 0 Å². The van der Waals surface area contributed by atoms with Crippen molar-refractivity contribution < 1.29 is 4.21 Å². The maximum absolute atomic E-state index is 12.0. The van der Waals surface area contributed by atoms with Gasteiger partial charge in [0.2, 0.25) is 0 Å². The Kier molecular flexibility index (Phi) is 7.33. The van der Waals surface area contributed by atoms with Crippen LogP contribution in [0, 0.1) is 0 Å². The molecule has 0 aromatic heterocycles. The maximum atomic E-state index is 12.0. The highest BCUT2D eigenvalue weighted by Crippen LogP contribution is 2.02. The van der Waals surface area contributed by atoms with Gasteiger partial charge in [0.1, 0.15) is 0 Å². The minimum Gasteiger partial charge on any atom is -0.370 e. The Morgan fingerprint density at radius 1 is 1.00 bits per heavy atom. The summed E-state index contributed by atoms with van der Waals surface area (Å²) in [6.45, 7) is 1.22. The third-order valence-electron chi connectivity index (χ3n) is 3.33. The second-order valence-corrected chi connectivity index (χ2v) is 6.78. The number of hydrogen-bond donors (Lipinski definition) is 2. The van der Waals surface area contributed by atoms with Crippen LogP contribution >= 0.6 is 0 Å². The van der Waals surface area contributed by atoms with Crippen molar-refractivity contribution in [2.45, 2.75) is 12.2 Å². The molecule has 122 valence electrons. The fraction of sp³-hybridized carbons (Fsp3) is 0.278. The van der Waals surface area contributed by atoms with Gasteiger partial charge in [0.15, 0.2) is 5.96 Å². The third kappa shape index (κ3) is 7.10. The first-order valence-electron chi connectivity index (χ1n) is 7.70. The highest BCUT2D eigenvalue weighted by molar-refractivity contribution is 7.84. The molecule has 2 rings (SSSR count).